The maximum atomic E-state index is 12.1. The molecule has 1 aliphatic heterocycles. The van der Waals surface area contributed by atoms with Gasteiger partial charge in [-0.2, -0.15) is 0 Å². The van der Waals surface area contributed by atoms with Gasteiger partial charge in [0.25, 0.3) is 0 Å². The van der Waals surface area contributed by atoms with E-state index in [1.165, 1.54) is 7.11 Å². The van der Waals surface area contributed by atoms with Crippen molar-refractivity contribution < 1.29 is 14.3 Å². The molecule has 0 aliphatic carbocycles. The lowest BCUT2D eigenvalue weighted by Crippen LogP contribution is -2.47. The topological polar surface area (TPSA) is 84.7 Å². The van der Waals surface area contributed by atoms with Crippen LogP contribution in [0.25, 0.3) is 0 Å². The standard InChI is InChI=1S/C15H29N3O3/c1-12(5-8-16)3-4-15(20)18-9-6-13(7-10-18)17-14(19)11-21-2/h12-13H,3-11,16H2,1-2H3,(H,17,19). The van der Waals surface area contributed by atoms with Gasteiger partial charge < -0.3 is 20.7 Å². The molecule has 3 N–H and O–H groups in total. The van der Waals surface area contributed by atoms with Crippen LogP contribution in [0.15, 0.2) is 0 Å². The molecule has 0 aromatic heterocycles. The number of amides is 2. The maximum absolute atomic E-state index is 12.1. The van der Waals surface area contributed by atoms with Gasteiger partial charge in [0.1, 0.15) is 6.61 Å². The molecule has 1 aliphatic rings. The SMILES string of the molecule is COCC(=O)NC1CCN(C(=O)CCC(C)CCN)CC1. The molecule has 0 bridgehead atoms. The van der Waals surface area contributed by atoms with E-state index >= 15 is 0 Å². The molecule has 2 amide bonds. The Morgan fingerprint density at radius 3 is 2.57 bits per heavy atom. The predicted octanol–water partition coefficient (Wildman–Crippen LogP) is 0.505. The third-order valence-electron chi connectivity index (χ3n) is 4.00. The van der Waals surface area contributed by atoms with Crippen LogP contribution in [0.5, 0.6) is 0 Å². The zero-order valence-corrected chi connectivity index (χ0v) is 13.3. The minimum atomic E-state index is -0.0853. The van der Waals surface area contributed by atoms with Crippen molar-refractivity contribution in [2.24, 2.45) is 11.7 Å². The van der Waals surface area contributed by atoms with Gasteiger partial charge in [-0.3, -0.25) is 9.59 Å². The average molecular weight is 299 g/mol. The van der Waals surface area contributed by atoms with E-state index in [4.69, 9.17) is 10.5 Å². The van der Waals surface area contributed by atoms with E-state index in [-0.39, 0.29) is 24.5 Å². The van der Waals surface area contributed by atoms with Gasteiger partial charge in [-0.1, -0.05) is 6.92 Å². The Kier molecular flexibility index (Phi) is 8.30. The van der Waals surface area contributed by atoms with E-state index in [9.17, 15) is 9.59 Å². The summed E-state index contributed by atoms with van der Waals surface area (Å²) in [5, 5.41) is 2.93. The molecule has 1 saturated heterocycles. The molecule has 1 heterocycles. The highest BCUT2D eigenvalue weighted by molar-refractivity contribution is 5.78. The summed E-state index contributed by atoms with van der Waals surface area (Å²) in [5.41, 5.74) is 5.52. The molecule has 122 valence electrons. The Morgan fingerprint density at radius 2 is 2.00 bits per heavy atom. The Hall–Kier alpha value is -1.14. The first-order valence-corrected chi connectivity index (χ1v) is 7.83. The molecular weight excluding hydrogens is 270 g/mol. The number of methoxy groups -OCH3 is 1. The Balaban J connectivity index is 2.22. The molecule has 0 radical (unpaired) electrons. The van der Waals surface area contributed by atoms with Crippen molar-refractivity contribution in [3.05, 3.63) is 0 Å². The number of nitrogens with zero attached hydrogens (tertiary/aromatic N) is 1. The maximum Gasteiger partial charge on any atom is 0.246 e. The summed E-state index contributed by atoms with van der Waals surface area (Å²) in [4.78, 5) is 25.5. The Morgan fingerprint density at radius 1 is 1.33 bits per heavy atom. The van der Waals surface area contributed by atoms with E-state index in [2.05, 4.69) is 12.2 Å². The van der Waals surface area contributed by atoms with E-state index < -0.39 is 0 Å². The molecule has 6 heteroatoms. The zero-order valence-electron chi connectivity index (χ0n) is 13.3. The van der Waals surface area contributed by atoms with Crippen molar-refractivity contribution in [2.45, 2.75) is 45.1 Å². The smallest absolute Gasteiger partial charge is 0.246 e. The Bertz CT molecular complexity index is 328. The van der Waals surface area contributed by atoms with Gasteiger partial charge in [0.15, 0.2) is 0 Å². The quantitative estimate of drug-likeness (QED) is 0.684. The van der Waals surface area contributed by atoms with Gasteiger partial charge in [-0.05, 0) is 38.1 Å². The Labute approximate surface area is 127 Å². The molecule has 1 atom stereocenters. The van der Waals surface area contributed by atoms with E-state index in [1.807, 2.05) is 4.90 Å². The van der Waals surface area contributed by atoms with Crippen LogP contribution in [0.2, 0.25) is 0 Å². The molecule has 0 aromatic carbocycles. The van der Waals surface area contributed by atoms with Crippen LogP contribution in [0.4, 0.5) is 0 Å². The fraction of sp³-hybridized carbons (Fsp3) is 0.867. The summed E-state index contributed by atoms with van der Waals surface area (Å²) in [7, 11) is 1.51. The summed E-state index contributed by atoms with van der Waals surface area (Å²) in [6.07, 6.45) is 4.11. The normalized spacial score (nSPS) is 17.6. The first-order valence-electron chi connectivity index (χ1n) is 7.83. The van der Waals surface area contributed by atoms with E-state index in [0.717, 1.165) is 38.8 Å². The minimum Gasteiger partial charge on any atom is -0.375 e. The monoisotopic (exact) mass is 299 g/mol. The van der Waals surface area contributed by atoms with Crippen LogP contribution in [-0.2, 0) is 14.3 Å². The summed E-state index contributed by atoms with van der Waals surface area (Å²) in [6.45, 7) is 4.36. The number of carbonyl (C=O) groups excluding carboxylic acids is 2. The number of piperidine rings is 1. The van der Waals surface area contributed by atoms with Crippen LogP contribution in [-0.4, -0.2) is 56.1 Å². The molecule has 21 heavy (non-hydrogen) atoms. The molecule has 0 aromatic rings. The molecule has 0 saturated carbocycles. The van der Waals surface area contributed by atoms with Crippen LogP contribution in [0.3, 0.4) is 0 Å². The van der Waals surface area contributed by atoms with Gasteiger partial charge in [-0.25, -0.2) is 0 Å². The molecule has 0 spiro atoms. The highest BCUT2D eigenvalue weighted by Crippen LogP contribution is 2.15. The highest BCUT2D eigenvalue weighted by atomic mass is 16.5. The molecule has 6 nitrogen and oxygen atoms in total. The number of hydrogen-bond donors (Lipinski definition) is 2. The van der Waals surface area contributed by atoms with E-state index in [1.54, 1.807) is 0 Å². The first-order chi connectivity index (χ1) is 10.1. The van der Waals surface area contributed by atoms with E-state index in [0.29, 0.717) is 18.9 Å². The van der Waals surface area contributed by atoms with Gasteiger partial charge in [0.05, 0.1) is 0 Å². The lowest BCUT2D eigenvalue weighted by Gasteiger charge is -2.32. The van der Waals surface area contributed by atoms with Gasteiger partial charge in [-0.15, -0.1) is 0 Å². The number of carbonyl (C=O) groups is 2. The van der Waals surface area contributed by atoms with Crippen LogP contribution in [0.1, 0.15) is 39.0 Å². The molecule has 1 unspecified atom stereocenters. The fourth-order valence-electron chi connectivity index (χ4n) is 2.63. The number of hydrogen-bond acceptors (Lipinski definition) is 4. The molecular formula is C15H29N3O3. The third kappa shape index (κ3) is 6.91. The molecule has 1 fully saturated rings. The van der Waals surface area contributed by atoms with Crippen LogP contribution in [0, 0.1) is 5.92 Å². The minimum absolute atomic E-state index is 0.0853. The van der Waals surface area contributed by atoms with Crippen molar-refractivity contribution in [2.75, 3.05) is 33.4 Å². The summed E-state index contributed by atoms with van der Waals surface area (Å²) >= 11 is 0. The van der Waals surface area contributed by atoms with Gasteiger partial charge in [0.2, 0.25) is 11.8 Å². The van der Waals surface area contributed by atoms with Gasteiger partial charge >= 0.3 is 0 Å². The van der Waals surface area contributed by atoms with Crippen molar-refractivity contribution in [1.29, 1.82) is 0 Å². The summed E-state index contributed by atoms with van der Waals surface area (Å²) < 4.78 is 4.79. The van der Waals surface area contributed by atoms with Crippen LogP contribution >= 0.6 is 0 Å². The molecule has 1 rings (SSSR count). The third-order valence-corrected chi connectivity index (χ3v) is 4.00. The predicted molar refractivity (Wildman–Crippen MR) is 81.7 cm³/mol. The second-order valence-corrected chi connectivity index (χ2v) is 5.88. The van der Waals surface area contributed by atoms with Crippen molar-refractivity contribution in [1.82, 2.24) is 10.2 Å². The number of ether oxygens (including phenoxy) is 1. The number of nitrogens with two attached hydrogens (primary N) is 1. The average Bonchev–Trinajstić information content (AvgIpc) is 2.46. The van der Waals surface area contributed by atoms with Crippen molar-refractivity contribution in [3.8, 4) is 0 Å². The van der Waals surface area contributed by atoms with Crippen molar-refractivity contribution >= 4 is 11.8 Å². The second kappa shape index (κ2) is 9.73. The highest BCUT2D eigenvalue weighted by Gasteiger charge is 2.23. The number of likely N-dealkylation sites (tertiary alicyclic amines) is 1. The lowest BCUT2D eigenvalue weighted by atomic mass is 10.00. The zero-order chi connectivity index (χ0) is 15.7. The largest absolute Gasteiger partial charge is 0.375 e. The number of nitrogens with one attached hydrogen (secondary N) is 1. The summed E-state index contributed by atoms with van der Waals surface area (Å²) in [5.74, 6) is 0.642. The summed E-state index contributed by atoms with van der Waals surface area (Å²) in [6, 6.07) is 0.160. The van der Waals surface area contributed by atoms with Crippen molar-refractivity contribution in [3.63, 3.8) is 0 Å². The second-order valence-electron chi connectivity index (χ2n) is 5.88. The first kappa shape index (κ1) is 17.9. The van der Waals surface area contributed by atoms with Crippen LogP contribution < -0.4 is 11.1 Å². The fourth-order valence-corrected chi connectivity index (χ4v) is 2.63. The van der Waals surface area contributed by atoms with Gasteiger partial charge in [0, 0.05) is 32.7 Å². The number of rotatable bonds is 8. The lowest BCUT2D eigenvalue weighted by molar-refractivity contribution is -0.132.